The van der Waals surface area contributed by atoms with Gasteiger partial charge in [-0.3, -0.25) is 19.9 Å². The van der Waals surface area contributed by atoms with Crippen LogP contribution in [0.1, 0.15) is 30.9 Å². The molecule has 1 aliphatic heterocycles. The topological polar surface area (TPSA) is 87.8 Å². The maximum absolute atomic E-state index is 13.2. The number of nitro groups is 1. The summed E-state index contributed by atoms with van der Waals surface area (Å²) in [5, 5.41) is 19.2. The third-order valence-corrected chi connectivity index (χ3v) is 6.67. The average Bonchev–Trinajstić information content (AvgIpc) is 3.09. The van der Waals surface area contributed by atoms with Crippen molar-refractivity contribution in [3.63, 3.8) is 0 Å². The van der Waals surface area contributed by atoms with Crippen LogP contribution in [0.3, 0.4) is 0 Å². The van der Waals surface area contributed by atoms with Crippen LogP contribution in [-0.2, 0) is 11.0 Å². The number of carbonyl (C=O) groups is 1. The van der Waals surface area contributed by atoms with Crippen LogP contribution in [-0.4, -0.2) is 46.6 Å². The minimum absolute atomic E-state index is 0.0898. The number of benzene rings is 2. The van der Waals surface area contributed by atoms with E-state index in [-0.39, 0.29) is 18.1 Å². The molecule has 0 aliphatic carbocycles. The van der Waals surface area contributed by atoms with Gasteiger partial charge in [-0.2, -0.15) is 30.0 Å². The van der Waals surface area contributed by atoms with Gasteiger partial charge in [0, 0.05) is 29.8 Å². The predicted molar refractivity (Wildman–Crippen MR) is 132 cm³/mol. The van der Waals surface area contributed by atoms with Crippen molar-refractivity contribution in [1.82, 2.24) is 5.01 Å². The summed E-state index contributed by atoms with van der Waals surface area (Å²) in [5.41, 5.74) is -0.0311. The minimum Gasteiger partial charge on any atom is -0.324 e. The summed E-state index contributed by atoms with van der Waals surface area (Å²) >= 11 is 7.65. The monoisotopic (exact) mass is 528 g/mol. The van der Waals surface area contributed by atoms with Crippen LogP contribution in [0.2, 0.25) is 5.02 Å². The molecule has 7 nitrogen and oxygen atoms in total. The fourth-order valence-electron chi connectivity index (χ4n) is 4.00. The Morgan fingerprint density at radius 2 is 1.97 bits per heavy atom. The number of hydrazone groups is 1. The van der Waals surface area contributed by atoms with E-state index < -0.39 is 27.1 Å². The summed E-state index contributed by atoms with van der Waals surface area (Å²) < 4.78 is 39.5. The molecule has 2 aromatic rings. The summed E-state index contributed by atoms with van der Waals surface area (Å²) in [6.45, 7) is 2.29. The molecule has 0 radical (unpaired) electrons. The standard InChI is InChI=1S/C23H24ClF3N4O3S/c1-22(10-3-11-35-2)14-30(13-20(32)28-16-5-7-17(8-6-16)31(33)34)29-21(22)15-4-9-18(19(24)12-15)23(25,26)27/h4-9,12H,3,10-11,13-14H2,1-2H3,(H,28,32). The van der Waals surface area contributed by atoms with Crippen molar-refractivity contribution in [2.45, 2.75) is 25.9 Å². The van der Waals surface area contributed by atoms with E-state index in [0.29, 0.717) is 23.5 Å². The van der Waals surface area contributed by atoms with Gasteiger partial charge in [0.2, 0.25) is 5.91 Å². The van der Waals surface area contributed by atoms with Gasteiger partial charge >= 0.3 is 6.18 Å². The molecule has 0 fully saturated rings. The molecule has 0 saturated carbocycles. The van der Waals surface area contributed by atoms with Crippen molar-refractivity contribution >= 4 is 46.4 Å². The molecule has 1 heterocycles. The van der Waals surface area contributed by atoms with Gasteiger partial charge in [-0.1, -0.05) is 24.6 Å². The number of anilines is 1. The fraction of sp³-hybridized carbons (Fsp3) is 0.391. The average molecular weight is 529 g/mol. The van der Waals surface area contributed by atoms with E-state index in [2.05, 4.69) is 10.4 Å². The molecule has 1 atom stereocenters. The summed E-state index contributed by atoms with van der Waals surface area (Å²) in [4.78, 5) is 22.9. The number of hydrogen-bond acceptors (Lipinski definition) is 6. The molecule has 0 bridgehead atoms. The number of halogens is 4. The van der Waals surface area contributed by atoms with E-state index in [4.69, 9.17) is 11.6 Å². The Kier molecular flexibility index (Phi) is 8.32. The van der Waals surface area contributed by atoms with Crippen LogP contribution in [0.5, 0.6) is 0 Å². The lowest BCUT2D eigenvalue weighted by Crippen LogP contribution is -2.35. The summed E-state index contributed by atoms with van der Waals surface area (Å²) in [5.74, 6) is 0.540. The van der Waals surface area contributed by atoms with Gasteiger partial charge < -0.3 is 5.32 Å². The number of carbonyl (C=O) groups excluding carboxylic acids is 1. The van der Waals surface area contributed by atoms with Crippen molar-refractivity contribution in [2.75, 3.05) is 30.4 Å². The third-order valence-electron chi connectivity index (χ3n) is 5.66. The number of alkyl halides is 3. The Morgan fingerprint density at radius 3 is 2.54 bits per heavy atom. The zero-order valence-electron chi connectivity index (χ0n) is 19.1. The second-order valence-electron chi connectivity index (χ2n) is 8.47. The first kappa shape index (κ1) is 26.8. The lowest BCUT2D eigenvalue weighted by molar-refractivity contribution is -0.384. The summed E-state index contributed by atoms with van der Waals surface area (Å²) in [7, 11) is 0. The van der Waals surface area contributed by atoms with Crippen LogP contribution < -0.4 is 5.32 Å². The normalized spacial score (nSPS) is 17.9. The molecule has 2 aromatic carbocycles. The van der Waals surface area contributed by atoms with Gasteiger partial charge in [0.15, 0.2) is 0 Å². The van der Waals surface area contributed by atoms with Crippen LogP contribution >= 0.6 is 23.4 Å². The molecular formula is C23H24ClF3N4O3S. The molecular weight excluding hydrogens is 505 g/mol. The van der Waals surface area contributed by atoms with Crippen LogP contribution in [0, 0.1) is 15.5 Å². The lowest BCUT2D eigenvalue weighted by atomic mass is 9.78. The zero-order chi connectivity index (χ0) is 25.8. The first-order valence-electron chi connectivity index (χ1n) is 10.7. The number of nitrogens with zero attached hydrogens (tertiary/aromatic N) is 3. The first-order valence-corrected chi connectivity index (χ1v) is 12.4. The van der Waals surface area contributed by atoms with E-state index in [1.807, 2.05) is 13.2 Å². The van der Waals surface area contributed by atoms with Gasteiger partial charge in [0.25, 0.3) is 5.69 Å². The zero-order valence-corrected chi connectivity index (χ0v) is 20.6. The molecule has 0 aromatic heterocycles. The molecule has 188 valence electrons. The Bertz CT molecular complexity index is 1130. The van der Waals surface area contributed by atoms with Gasteiger partial charge in [-0.05, 0) is 54.7 Å². The van der Waals surface area contributed by atoms with Gasteiger partial charge in [-0.15, -0.1) is 0 Å². The molecule has 3 rings (SSSR count). The van der Waals surface area contributed by atoms with Gasteiger partial charge in [0.05, 0.1) is 21.2 Å². The predicted octanol–water partition coefficient (Wildman–Crippen LogP) is 6.07. The Labute approximate surface area is 209 Å². The fourth-order valence-corrected chi connectivity index (χ4v) is 4.72. The highest BCUT2D eigenvalue weighted by Crippen LogP contribution is 2.39. The number of amides is 1. The number of rotatable bonds is 9. The summed E-state index contributed by atoms with van der Waals surface area (Å²) in [6.07, 6.45) is -0.965. The quantitative estimate of drug-likeness (QED) is 0.242. The van der Waals surface area contributed by atoms with E-state index in [1.54, 1.807) is 16.8 Å². The number of hydrogen-bond donors (Lipinski definition) is 1. The Hall–Kier alpha value is -2.79. The summed E-state index contributed by atoms with van der Waals surface area (Å²) in [6, 6.07) is 9.04. The highest BCUT2D eigenvalue weighted by Gasteiger charge is 2.40. The van der Waals surface area contributed by atoms with Crippen molar-refractivity contribution in [2.24, 2.45) is 10.5 Å². The Balaban J connectivity index is 1.80. The van der Waals surface area contributed by atoms with Crippen molar-refractivity contribution in [1.29, 1.82) is 0 Å². The van der Waals surface area contributed by atoms with Crippen LogP contribution in [0.15, 0.2) is 47.6 Å². The second kappa shape index (κ2) is 10.9. The molecule has 1 aliphatic rings. The number of non-ortho nitro benzene ring substituents is 1. The smallest absolute Gasteiger partial charge is 0.324 e. The van der Waals surface area contributed by atoms with Crippen molar-refractivity contribution in [3.8, 4) is 0 Å². The van der Waals surface area contributed by atoms with Gasteiger partial charge in [-0.25, -0.2) is 0 Å². The number of thioether (sulfide) groups is 1. The maximum atomic E-state index is 13.2. The molecule has 0 saturated heterocycles. The largest absolute Gasteiger partial charge is 0.417 e. The van der Waals surface area contributed by atoms with E-state index >= 15 is 0 Å². The van der Waals surface area contributed by atoms with Crippen LogP contribution in [0.4, 0.5) is 24.5 Å². The van der Waals surface area contributed by atoms with E-state index in [0.717, 1.165) is 24.7 Å². The number of nitro benzene ring substituents is 1. The molecule has 0 spiro atoms. The van der Waals surface area contributed by atoms with Crippen molar-refractivity contribution in [3.05, 3.63) is 68.7 Å². The third kappa shape index (κ3) is 6.66. The molecule has 1 N–H and O–H groups in total. The highest BCUT2D eigenvalue weighted by atomic mass is 35.5. The molecule has 35 heavy (non-hydrogen) atoms. The Morgan fingerprint density at radius 1 is 1.29 bits per heavy atom. The number of nitrogens with one attached hydrogen (secondary N) is 1. The molecule has 1 amide bonds. The lowest BCUT2D eigenvalue weighted by Gasteiger charge is -2.27. The van der Waals surface area contributed by atoms with E-state index in [9.17, 15) is 28.1 Å². The van der Waals surface area contributed by atoms with Crippen LogP contribution in [0.25, 0.3) is 0 Å². The minimum atomic E-state index is -4.56. The highest BCUT2D eigenvalue weighted by molar-refractivity contribution is 7.98. The van der Waals surface area contributed by atoms with Crippen molar-refractivity contribution < 1.29 is 22.9 Å². The SMILES string of the molecule is CSCCCC1(C)CN(CC(=O)Nc2ccc([N+](=O)[O-])cc2)N=C1c1ccc(C(F)(F)F)c(Cl)c1. The maximum Gasteiger partial charge on any atom is 0.417 e. The molecule has 12 heteroatoms. The van der Waals surface area contributed by atoms with Gasteiger partial charge in [0.1, 0.15) is 6.54 Å². The second-order valence-corrected chi connectivity index (χ2v) is 9.87. The first-order chi connectivity index (χ1) is 16.4. The molecule has 1 unspecified atom stereocenters. The van der Waals surface area contributed by atoms with E-state index in [1.165, 1.54) is 36.4 Å².